The third-order valence-corrected chi connectivity index (χ3v) is 6.40. The zero-order valence-electron chi connectivity index (χ0n) is 16.3. The third kappa shape index (κ3) is 5.49. The lowest BCUT2D eigenvalue weighted by molar-refractivity contribution is -0.139. The van der Waals surface area contributed by atoms with Crippen LogP contribution >= 0.6 is 11.3 Å². The van der Waals surface area contributed by atoms with Gasteiger partial charge in [0, 0.05) is 31.5 Å². The van der Waals surface area contributed by atoms with Gasteiger partial charge in [-0.3, -0.25) is 9.59 Å². The van der Waals surface area contributed by atoms with Gasteiger partial charge in [-0.1, -0.05) is 0 Å². The van der Waals surface area contributed by atoms with Gasteiger partial charge >= 0.3 is 0 Å². The molecule has 27 heavy (non-hydrogen) atoms. The molecular weight excluding hydrogens is 364 g/mol. The van der Waals surface area contributed by atoms with Crippen molar-refractivity contribution < 1.29 is 14.3 Å². The average molecular weight is 395 g/mol. The Hall–Kier alpha value is -1.51. The van der Waals surface area contributed by atoms with Gasteiger partial charge in [-0.25, -0.2) is 4.98 Å². The molecule has 1 aromatic heterocycles. The van der Waals surface area contributed by atoms with E-state index in [1.54, 1.807) is 16.2 Å². The minimum absolute atomic E-state index is 0.0148. The number of methoxy groups -OCH3 is 1. The van der Waals surface area contributed by atoms with Crippen LogP contribution in [0.15, 0.2) is 5.38 Å². The molecular formula is C19H30N4O3S. The van der Waals surface area contributed by atoms with Crippen molar-refractivity contribution in [3.8, 4) is 0 Å². The first-order valence-electron chi connectivity index (χ1n) is 9.74. The molecule has 8 heteroatoms. The summed E-state index contributed by atoms with van der Waals surface area (Å²) in [7, 11) is 3.67. The van der Waals surface area contributed by atoms with Gasteiger partial charge in [0.15, 0.2) is 0 Å². The van der Waals surface area contributed by atoms with Crippen LogP contribution in [0.2, 0.25) is 0 Å². The molecule has 3 heterocycles. The summed E-state index contributed by atoms with van der Waals surface area (Å²) in [4.78, 5) is 33.3. The summed E-state index contributed by atoms with van der Waals surface area (Å²) < 4.78 is 4.91. The molecule has 1 atom stereocenters. The van der Waals surface area contributed by atoms with E-state index < -0.39 is 0 Å². The number of hydrogen-bond donors (Lipinski definition) is 1. The highest BCUT2D eigenvalue weighted by molar-refractivity contribution is 7.09. The van der Waals surface area contributed by atoms with Gasteiger partial charge in [0.05, 0.1) is 18.2 Å². The smallest absolute Gasteiger partial charge is 0.248 e. The minimum atomic E-state index is -0.145. The summed E-state index contributed by atoms with van der Waals surface area (Å²) in [5.74, 6) is 0.368. The summed E-state index contributed by atoms with van der Waals surface area (Å²) in [5, 5.41) is 6.12. The van der Waals surface area contributed by atoms with Crippen LogP contribution in [0.3, 0.4) is 0 Å². The molecule has 2 aliphatic rings. The van der Waals surface area contributed by atoms with Gasteiger partial charge < -0.3 is 19.9 Å². The Morgan fingerprint density at radius 3 is 2.81 bits per heavy atom. The molecule has 0 aliphatic carbocycles. The second kappa shape index (κ2) is 9.61. The van der Waals surface area contributed by atoms with E-state index in [9.17, 15) is 9.59 Å². The zero-order valence-corrected chi connectivity index (χ0v) is 17.1. The molecule has 3 rings (SSSR count). The highest BCUT2D eigenvalue weighted by Crippen LogP contribution is 2.28. The van der Waals surface area contributed by atoms with Crippen molar-refractivity contribution in [2.75, 3.05) is 46.9 Å². The molecule has 7 nitrogen and oxygen atoms in total. The van der Waals surface area contributed by atoms with Crippen LogP contribution in [0.4, 0.5) is 0 Å². The highest BCUT2D eigenvalue weighted by Gasteiger charge is 2.28. The van der Waals surface area contributed by atoms with Crippen LogP contribution < -0.4 is 5.32 Å². The number of nitrogens with zero attached hydrogens (tertiary/aromatic N) is 3. The Bertz CT molecular complexity index is 643. The van der Waals surface area contributed by atoms with Crippen LogP contribution in [-0.4, -0.2) is 73.5 Å². The summed E-state index contributed by atoms with van der Waals surface area (Å²) >= 11 is 1.62. The van der Waals surface area contributed by atoms with Crippen molar-refractivity contribution in [1.82, 2.24) is 20.1 Å². The Morgan fingerprint density at radius 1 is 1.30 bits per heavy atom. The van der Waals surface area contributed by atoms with Gasteiger partial charge in [-0.2, -0.15) is 0 Å². The molecule has 2 aliphatic heterocycles. The van der Waals surface area contributed by atoms with Gasteiger partial charge in [-0.15, -0.1) is 11.3 Å². The van der Waals surface area contributed by atoms with E-state index in [1.165, 1.54) is 12.8 Å². The van der Waals surface area contributed by atoms with Crippen molar-refractivity contribution in [2.24, 2.45) is 5.92 Å². The second-order valence-electron chi connectivity index (χ2n) is 7.57. The highest BCUT2D eigenvalue weighted by atomic mass is 32.1. The largest absolute Gasteiger partial charge is 0.375 e. The topological polar surface area (TPSA) is 74.8 Å². The number of amides is 2. The molecule has 0 unspecified atom stereocenters. The quantitative estimate of drug-likeness (QED) is 0.791. The minimum Gasteiger partial charge on any atom is -0.375 e. The summed E-state index contributed by atoms with van der Waals surface area (Å²) in [6.07, 6.45) is 3.98. The van der Waals surface area contributed by atoms with Crippen molar-refractivity contribution in [3.63, 3.8) is 0 Å². The van der Waals surface area contributed by atoms with Gasteiger partial charge in [-0.05, 0) is 45.8 Å². The molecule has 2 amide bonds. The fourth-order valence-corrected chi connectivity index (χ4v) is 4.65. The summed E-state index contributed by atoms with van der Waals surface area (Å²) in [5.41, 5.74) is 1.17. The summed E-state index contributed by atoms with van der Waals surface area (Å²) in [6.45, 7) is 3.97. The van der Waals surface area contributed by atoms with E-state index in [4.69, 9.17) is 9.72 Å². The number of hydrogen-bond acceptors (Lipinski definition) is 6. The van der Waals surface area contributed by atoms with E-state index in [0.29, 0.717) is 25.6 Å². The Labute approximate surface area is 165 Å². The molecule has 0 aromatic carbocycles. The standard InChI is InChI=1S/C19H30N4O3S/c1-22-8-5-14(6-9-22)16-13-27-17(21-16)10-20-19(25)15-4-3-7-23(11-15)18(24)12-26-2/h13-15H,3-12H2,1-2H3,(H,20,25)/t15-/m0/s1. The Morgan fingerprint density at radius 2 is 2.07 bits per heavy atom. The number of aromatic nitrogens is 1. The molecule has 150 valence electrons. The van der Waals surface area contributed by atoms with Crippen LogP contribution in [0.5, 0.6) is 0 Å². The fourth-order valence-electron chi connectivity index (χ4n) is 3.84. The Balaban J connectivity index is 1.47. The van der Waals surface area contributed by atoms with Crippen LogP contribution in [0, 0.1) is 5.92 Å². The number of ether oxygens (including phenoxy) is 1. The number of rotatable bonds is 6. The molecule has 1 aromatic rings. The lowest BCUT2D eigenvalue weighted by Gasteiger charge is -2.31. The lowest BCUT2D eigenvalue weighted by atomic mass is 9.95. The molecule has 1 N–H and O–H groups in total. The first-order valence-corrected chi connectivity index (χ1v) is 10.6. The number of thiazole rings is 1. The maximum absolute atomic E-state index is 12.5. The number of carbonyl (C=O) groups is 2. The van der Waals surface area contributed by atoms with E-state index in [2.05, 4.69) is 22.6 Å². The second-order valence-corrected chi connectivity index (χ2v) is 8.52. The Kier molecular flexibility index (Phi) is 7.20. The van der Waals surface area contributed by atoms with Gasteiger partial charge in [0.25, 0.3) is 0 Å². The van der Waals surface area contributed by atoms with Crippen LogP contribution in [-0.2, 0) is 20.9 Å². The molecule has 2 saturated heterocycles. The SMILES string of the molecule is COCC(=O)N1CCC[C@H](C(=O)NCc2nc(C3CCN(C)CC3)cs2)C1. The van der Waals surface area contributed by atoms with Gasteiger partial charge in [0.2, 0.25) is 11.8 Å². The molecule has 2 fully saturated rings. The number of carbonyl (C=O) groups excluding carboxylic acids is 2. The predicted molar refractivity (Wildman–Crippen MR) is 105 cm³/mol. The van der Waals surface area contributed by atoms with E-state index in [-0.39, 0.29) is 24.3 Å². The van der Waals surface area contributed by atoms with E-state index in [1.807, 2.05) is 0 Å². The number of nitrogens with one attached hydrogen (secondary N) is 1. The fraction of sp³-hybridized carbons (Fsp3) is 0.737. The molecule has 0 saturated carbocycles. The molecule has 0 bridgehead atoms. The van der Waals surface area contributed by atoms with Crippen LogP contribution in [0.25, 0.3) is 0 Å². The van der Waals surface area contributed by atoms with Crippen molar-refractivity contribution in [2.45, 2.75) is 38.1 Å². The normalized spacial score (nSPS) is 22.0. The summed E-state index contributed by atoms with van der Waals surface area (Å²) in [6, 6.07) is 0. The van der Waals surface area contributed by atoms with Crippen molar-refractivity contribution in [3.05, 3.63) is 16.1 Å². The number of piperidine rings is 2. The van der Waals surface area contributed by atoms with E-state index >= 15 is 0 Å². The van der Waals surface area contributed by atoms with E-state index in [0.717, 1.165) is 43.8 Å². The van der Waals surface area contributed by atoms with Gasteiger partial charge in [0.1, 0.15) is 11.6 Å². The maximum atomic E-state index is 12.5. The van der Waals surface area contributed by atoms with Crippen molar-refractivity contribution >= 4 is 23.2 Å². The van der Waals surface area contributed by atoms with Crippen molar-refractivity contribution in [1.29, 1.82) is 0 Å². The maximum Gasteiger partial charge on any atom is 0.248 e. The first-order chi connectivity index (χ1) is 13.1. The molecule has 0 radical (unpaired) electrons. The average Bonchev–Trinajstić information content (AvgIpc) is 3.16. The first kappa shape index (κ1) is 20.2. The lowest BCUT2D eigenvalue weighted by Crippen LogP contribution is -2.46. The zero-order chi connectivity index (χ0) is 19.2. The monoisotopic (exact) mass is 394 g/mol. The predicted octanol–water partition coefficient (Wildman–Crippen LogP) is 1.45. The number of likely N-dealkylation sites (tertiary alicyclic amines) is 2. The van der Waals surface area contributed by atoms with Crippen LogP contribution in [0.1, 0.15) is 42.3 Å². The third-order valence-electron chi connectivity index (χ3n) is 5.53. The molecule has 0 spiro atoms.